The SMILES string of the molecule is CN1CCC(C#N)(NC(=O)C(CC2CCCCC2)NC(=O)c2cccs2)CC1. The molecule has 1 aliphatic carbocycles. The average Bonchev–Trinajstić information content (AvgIpc) is 3.25. The third-order valence-corrected chi connectivity index (χ3v) is 6.95. The number of piperidine rings is 1. The van der Waals surface area contributed by atoms with Crippen molar-refractivity contribution in [1.29, 1.82) is 5.26 Å². The van der Waals surface area contributed by atoms with Gasteiger partial charge in [0.1, 0.15) is 11.6 Å². The molecule has 28 heavy (non-hydrogen) atoms. The number of hydrogen-bond donors (Lipinski definition) is 2. The summed E-state index contributed by atoms with van der Waals surface area (Å²) in [6, 6.07) is 5.34. The zero-order valence-electron chi connectivity index (χ0n) is 16.6. The first-order valence-electron chi connectivity index (χ1n) is 10.3. The number of thiophene rings is 1. The summed E-state index contributed by atoms with van der Waals surface area (Å²) >= 11 is 1.37. The molecule has 1 aliphatic heterocycles. The van der Waals surface area contributed by atoms with Crippen molar-refractivity contribution in [2.24, 2.45) is 5.92 Å². The molecule has 152 valence electrons. The van der Waals surface area contributed by atoms with Gasteiger partial charge in [0, 0.05) is 13.1 Å². The normalized spacial score (nSPS) is 21.4. The first-order valence-corrected chi connectivity index (χ1v) is 11.2. The molecule has 0 aromatic carbocycles. The van der Waals surface area contributed by atoms with Gasteiger partial charge in [0.05, 0.1) is 10.9 Å². The van der Waals surface area contributed by atoms with Gasteiger partial charge in [-0.3, -0.25) is 9.59 Å². The van der Waals surface area contributed by atoms with Gasteiger partial charge >= 0.3 is 0 Å². The molecule has 2 heterocycles. The van der Waals surface area contributed by atoms with E-state index in [2.05, 4.69) is 21.6 Å². The minimum absolute atomic E-state index is 0.208. The third kappa shape index (κ3) is 5.33. The summed E-state index contributed by atoms with van der Waals surface area (Å²) in [6.45, 7) is 1.56. The lowest BCUT2D eigenvalue weighted by atomic mass is 9.84. The highest BCUT2D eigenvalue weighted by Gasteiger charge is 2.38. The van der Waals surface area contributed by atoms with Crippen LogP contribution in [0.3, 0.4) is 0 Å². The molecule has 2 aliphatic rings. The summed E-state index contributed by atoms with van der Waals surface area (Å²) in [7, 11) is 2.02. The predicted molar refractivity (Wildman–Crippen MR) is 110 cm³/mol. The van der Waals surface area contributed by atoms with E-state index >= 15 is 0 Å². The Morgan fingerprint density at radius 1 is 1.32 bits per heavy atom. The number of nitriles is 1. The Morgan fingerprint density at radius 2 is 2.04 bits per heavy atom. The molecule has 1 saturated carbocycles. The van der Waals surface area contributed by atoms with Crippen molar-refractivity contribution in [1.82, 2.24) is 15.5 Å². The van der Waals surface area contributed by atoms with Crippen LogP contribution in [0.15, 0.2) is 17.5 Å². The van der Waals surface area contributed by atoms with Crippen LogP contribution in [0.25, 0.3) is 0 Å². The number of likely N-dealkylation sites (tertiary alicyclic amines) is 1. The Hall–Kier alpha value is -1.91. The van der Waals surface area contributed by atoms with Gasteiger partial charge in [-0.25, -0.2) is 0 Å². The Bertz CT molecular complexity index is 698. The molecular weight excluding hydrogens is 372 g/mol. The minimum Gasteiger partial charge on any atom is -0.340 e. The smallest absolute Gasteiger partial charge is 0.261 e. The van der Waals surface area contributed by atoms with Crippen LogP contribution >= 0.6 is 11.3 Å². The second-order valence-corrected chi connectivity index (χ2v) is 9.18. The van der Waals surface area contributed by atoms with Crippen LogP contribution in [0.2, 0.25) is 0 Å². The van der Waals surface area contributed by atoms with Crippen LogP contribution in [0.1, 0.15) is 61.0 Å². The standard InChI is InChI=1S/C21H30N4O2S/c1-25-11-9-21(15-22,10-12-25)24-19(26)17(14-16-6-3-2-4-7-16)23-20(27)18-8-5-13-28-18/h5,8,13,16-17H,2-4,6-7,9-12,14H2,1H3,(H,23,27)(H,24,26). The van der Waals surface area contributed by atoms with Crippen LogP contribution in [-0.2, 0) is 4.79 Å². The number of carbonyl (C=O) groups excluding carboxylic acids is 2. The average molecular weight is 403 g/mol. The van der Waals surface area contributed by atoms with Crippen molar-refractivity contribution in [3.8, 4) is 6.07 Å². The van der Waals surface area contributed by atoms with E-state index in [1.807, 2.05) is 18.5 Å². The highest BCUT2D eigenvalue weighted by atomic mass is 32.1. The maximum absolute atomic E-state index is 13.1. The minimum atomic E-state index is -0.831. The van der Waals surface area contributed by atoms with E-state index in [9.17, 15) is 14.9 Å². The molecule has 1 aromatic rings. The fraction of sp³-hybridized carbons (Fsp3) is 0.667. The molecule has 0 bridgehead atoms. The largest absolute Gasteiger partial charge is 0.340 e. The fourth-order valence-corrected chi connectivity index (χ4v) is 4.84. The summed E-state index contributed by atoms with van der Waals surface area (Å²) in [5.41, 5.74) is -0.831. The number of amides is 2. The third-order valence-electron chi connectivity index (χ3n) is 6.08. The maximum Gasteiger partial charge on any atom is 0.261 e. The summed E-state index contributed by atoms with van der Waals surface area (Å²) in [6.07, 6.45) is 7.70. The molecule has 7 heteroatoms. The van der Waals surface area contributed by atoms with Gasteiger partial charge in [-0.15, -0.1) is 11.3 Å². The molecule has 1 unspecified atom stereocenters. The summed E-state index contributed by atoms with van der Waals surface area (Å²) in [4.78, 5) is 28.5. The van der Waals surface area contributed by atoms with Gasteiger partial charge in [-0.05, 0) is 43.7 Å². The van der Waals surface area contributed by atoms with Crippen LogP contribution in [-0.4, -0.2) is 48.4 Å². The van der Waals surface area contributed by atoms with E-state index in [0.717, 1.165) is 25.9 Å². The van der Waals surface area contributed by atoms with E-state index in [4.69, 9.17) is 0 Å². The summed E-state index contributed by atoms with van der Waals surface area (Å²) < 4.78 is 0. The number of nitrogens with zero attached hydrogens (tertiary/aromatic N) is 2. The van der Waals surface area contributed by atoms with E-state index in [-0.39, 0.29) is 11.8 Å². The first kappa shape index (κ1) is 20.8. The molecule has 1 atom stereocenters. The Kier molecular flexibility index (Phi) is 7.08. The van der Waals surface area contributed by atoms with E-state index in [0.29, 0.717) is 30.1 Å². The second kappa shape index (κ2) is 9.53. The molecule has 3 rings (SSSR count). The monoisotopic (exact) mass is 402 g/mol. The van der Waals surface area contributed by atoms with Crippen LogP contribution < -0.4 is 10.6 Å². The lowest BCUT2D eigenvalue weighted by Crippen LogP contribution is -2.58. The maximum atomic E-state index is 13.1. The van der Waals surface area contributed by atoms with Crippen molar-refractivity contribution < 1.29 is 9.59 Å². The van der Waals surface area contributed by atoms with E-state index in [1.54, 1.807) is 6.07 Å². The van der Waals surface area contributed by atoms with Crippen molar-refractivity contribution in [2.75, 3.05) is 20.1 Å². The molecule has 1 aromatic heterocycles. The zero-order chi connectivity index (χ0) is 20.0. The van der Waals surface area contributed by atoms with Crippen molar-refractivity contribution in [2.45, 2.75) is 62.9 Å². The van der Waals surface area contributed by atoms with Gasteiger partial charge in [0.2, 0.25) is 5.91 Å². The first-order chi connectivity index (χ1) is 13.5. The van der Waals surface area contributed by atoms with Crippen LogP contribution in [0.4, 0.5) is 0 Å². The number of rotatable bonds is 6. The van der Waals surface area contributed by atoms with Gasteiger partial charge in [0.25, 0.3) is 5.91 Å². The predicted octanol–water partition coefficient (Wildman–Crippen LogP) is 2.92. The topological polar surface area (TPSA) is 85.2 Å². The number of carbonyl (C=O) groups is 2. The Labute approximate surface area is 171 Å². The summed E-state index contributed by atoms with van der Waals surface area (Å²) in [5.74, 6) is 0.0191. The van der Waals surface area contributed by atoms with Crippen molar-refractivity contribution >= 4 is 23.2 Å². The van der Waals surface area contributed by atoms with Crippen LogP contribution in [0, 0.1) is 17.2 Å². The van der Waals surface area contributed by atoms with Gasteiger partial charge in [0.15, 0.2) is 0 Å². The van der Waals surface area contributed by atoms with Crippen molar-refractivity contribution in [3.05, 3.63) is 22.4 Å². The highest BCUT2D eigenvalue weighted by Crippen LogP contribution is 2.28. The molecule has 0 spiro atoms. The molecule has 2 fully saturated rings. The van der Waals surface area contributed by atoms with Crippen molar-refractivity contribution in [3.63, 3.8) is 0 Å². The highest BCUT2D eigenvalue weighted by molar-refractivity contribution is 7.12. The van der Waals surface area contributed by atoms with Gasteiger partial charge < -0.3 is 15.5 Å². The van der Waals surface area contributed by atoms with Gasteiger partial charge in [-0.2, -0.15) is 5.26 Å². The molecule has 2 amide bonds. The molecule has 1 saturated heterocycles. The molecule has 2 N–H and O–H groups in total. The zero-order valence-corrected chi connectivity index (χ0v) is 17.4. The van der Waals surface area contributed by atoms with Crippen LogP contribution in [0.5, 0.6) is 0 Å². The number of hydrogen-bond acceptors (Lipinski definition) is 5. The lowest BCUT2D eigenvalue weighted by molar-refractivity contribution is -0.125. The van der Waals surface area contributed by atoms with E-state index < -0.39 is 11.6 Å². The molecular formula is C21H30N4O2S. The Balaban J connectivity index is 1.69. The molecule has 0 radical (unpaired) electrons. The lowest BCUT2D eigenvalue weighted by Gasteiger charge is -2.37. The fourth-order valence-electron chi connectivity index (χ4n) is 4.21. The number of nitrogens with one attached hydrogen (secondary N) is 2. The molecule has 6 nitrogen and oxygen atoms in total. The summed E-state index contributed by atoms with van der Waals surface area (Å²) in [5, 5.41) is 17.5. The van der Waals surface area contributed by atoms with E-state index in [1.165, 1.54) is 30.6 Å². The second-order valence-electron chi connectivity index (χ2n) is 8.23. The van der Waals surface area contributed by atoms with Gasteiger partial charge in [-0.1, -0.05) is 38.2 Å². The quantitative estimate of drug-likeness (QED) is 0.766. The Morgan fingerprint density at radius 3 is 2.64 bits per heavy atom.